The fraction of sp³-hybridized carbons (Fsp3) is 0.550. The van der Waals surface area contributed by atoms with Gasteiger partial charge in [-0.15, -0.1) is 0 Å². The van der Waals surface area contributed by atoms with Crippen molar-refractivity contribution < 1.29 is 48.5 Å². The van der Waals surface area contributed by atoms with E-state index in [4.69, 9.17) is 9.47 Å². The first kappa shape index (κ1) is 40.4. The highest BCUT2D eigenvalue weighted by atomic mass is 16.5. The average molecular weight is 749 g/mol. The minimum atomic E-state index is -1.11. The molecular formula is C40H52N4O10. The predicted molar refractivity (Wildman–Crippen MR) is 196 cm³/mol. The molecule has 1 saturated carbocycles. The number of benzene rings is 2. The van der Waals surface area contributed by atoms with Gasteiger partial charge in [0, 0.05) is 38.3 Å². The minimum Gasteiger partial charge on any atom is -0.480 e. The second kappa shape index (κ2) is 20.0. The van der Waals surface area contributed by atoms with Crippen LogP contribution in [0.5, 0.6) is 0 Å². The Hall–Kier alpha value is -4.82. The van der Waals surface area contributed by atoms with Gasteiger partial charge >= 0.3 is 23.9 Å². The maximum atomic E-state index is 13.6. The third-order valence-corrected chi connectivity index (χ3v) is 10.8. The molecule has 0 aromatic heterocycles. The normalized spacial score (nSPS) is 19.7. The number of rotatable bonds is 16. The van der Waals surface area contributed by atoms with Crippen molar-refractivity contribution >= 4 is 35.7 Å². The average Bonchev–Trinajstić information content (AvgIpc) is 3.19. The standard InChI is InChI=1S/C40H52N4O10/c45-35(41-19-15-31(16-20-41)39(51)53-27-29-9-3-1-4-10-29)23-43(25-37(47)48)33-13-7-8-14-34(33)44(26-38(49)50)24-36(46)42-21-17-32(18-22-42)40(52)54-28-30-11-5-2-6-12-30/h1-6,9-12,31-34H,7-8,13-28H2,(H,47,48)(H,49,50). The van der Waals surface area contributed by atoms with E-state index in [1.165, 1.54) is 0 Å². The number of aliphatic carboxylic acids is 2. The zero-order valence-corrected chi connectivity index (χ0v) is 30.8. The van der Waals surface area contributed by atoms with Crippen LogP contribution in [0.4, 0.5) is 0 Å². The number of nitrogens with zero attached hydrogens (tertiary/aromatic N) is 4. The fourth-order valence-electron chi connectivity index (χ4n) is 7.84. The molecule has 2 aliphatic heterocycles. The molecule has 2 atom stereocenters. The summed E-state index contributed by atoms with van der Waals surface area (Å²) in [5.41, 5.74) is 1.78. The largest absolute Gasteiger partial charge is 0.480 e. The maximum absolute atomic E-state index is 13.6. The summed E-state index contributed by atoms with van der Waals surface area (Å²) in [6.45, 7) is 0.496. The summed E-state index contributed by atoms with van der Waals surface area (Å²) >= 11 is 0. The summed E-state index contributed by atoms with van der Waals surface area (Å²) in [7, 11) is 0. The van der Waals surface area contributed by atoms with Gasteiger partial charge in [0.25, 0.3) is 0 Å². The monoisotopic (exact) mass is 748 g/mol. The molecule has 2 heterocycles. The lowest BCUT2D eigenvalue weighted by molar-refractivity contribution is -0.154. The van der Waals surface area contributed by atoms with Crippen LogP contribution in [0.2, 0.25) is 0 Å². The molecule has 2 aromatic carbocycles. The third kappa shape index (κ3) is 11.8. The van der Waals surface area contributed by atoms with Crippen LogP contribution in [0.3, 0.4) is 0 Å². The van der Waals surface area contributed by atoms with E-state index in [-0.39, 0.29) is 61.9 Å². The van der Waals surface area contributed by atoms with Crippen molar-refractivity contribution in [2.75, 3.05) is 52.4 Å². The Morgan fingerprint density at radius 2 is 0.889 bits per heavy atom. The van der Waals surface area contributed by atoms with Crippen LogP contribution in [0.25, 0.3) is 0 Å². The molecule has 3 aliphatic rings. The molecular weight excluding hydrogens is 696 g/mol. The van der Waals surface area contributed by atoms with Gasteiger partial charge in [0.2, 0.25) is 11.8 Å². The second-order valence-corrected chi connectivity index (χ2v) is 14.5. The molecule has 5 rings (SSSR count). The molecule has 2 amide bonds. The topological polar surface area (TPSA) is 174 Å². The van der Waals surface area contributed by atoms with E-state index >= 15 is 0 Å². The molecule has 1 aliphatic carbocycles. The minimum absolute atomic E-state index is 0.181. The molecule has 2 aromatic rings. The molecule has 292 valence electrons. The molecule has 2 saturated heterocycles. The van der Waals surface area contributed by atoms with Crippen LogP contribution >= 0.6 is 0 Å². The first-order valence-electron chi connectivity index (χ1n) is 19.0. The van der Waals surface area contributed by atoms with Gasteiger partial charge in [0.1, 0.15) is 13.2 Å². The highest BCUT2D eigenvalue weighted by Crippen LogP contribution is 2.29. The number of carboxylic acid groups (broad SMARTS) is 2. The van der Waals surface area contributed by atoms with Crippen molar-refractivity contribution in [3.8, 4) is 0 Å². The van der Waals surface area contributed by atoms with E-state index in [9.17, 15) is 39.0 Å². The SMILES string of the molecule is O=C(O)CN(CC(=O)N1CCC(C(=O)OCc2ccccc2)CC1)C1CCCCC1N(CC(=O)O)CC(=O)N1CCC(C(=O)OCc2ccccc2)CC1. The smallest absolute Gasteiger partial charge is 0.317 e. The summed E-state index contributed by atoms with van der Waals surface area (Å²) < 4.78 is 11.0. The Morgan fingerprint density at radius 3 is 1.22 bits per heavy atom. The van der Waals surface area contributed by atoms with E-state index in [0.29, 0.717) is 64.7 Å². The Labute approximate surface area is 316 Å². The second-order valence-electron chi connectivity index (χ2n) is 14.5. The van der Waals surface area contributed by atoms with Gasteiger partial charge in [0.15, 0.2) is 0 Å². The van der Waals surface area contributed by atoms with Crippen molar-refractivity contribution in [1.29, 1.82) is 0 Å². The Morgan fingerprint density at radius 1 is 0.537 bits per heavy atom. The number of carbonyl (C=O) groups excluding carboxylic acids is 4. The number of carbonyl (C=O) groups is 6. The number of carboxylic acids is 2. The van der Waals surface area contributed by atoms with Gasteiger partial charge in [-0.3, -0.25) is 38.6 Å². The molecule has 14 nitrogen and oxygen atoms in total. The molecule has 2 unspecified atom stereocenters. The van der Waals surface area contributed by atoms with Crippen molar-refractivity contribution in [1.82, 2.24) is 19.6 Å². The van der Waals surface area contributed by atoms with Gasteiger partial charge in [-0.1, -0.05) is 73.5 Å². The molecule has 0 bridgehead atoms. The Balaban J connectivity index is 1.16. The van der Waals surface area contributed by atoms with E-state index in [0.717, 1.165) is 24.0 Å². The first-order chi connectivity index (χ1) is 26.1. The molecule has 14 heteroatoms. The van der Waals surface area contributed by atoms with Crippen LogP contribution in [-0.2, 0) is 51.5 Å². The number of piperidine rings is 2. The van der Waals surface area contributed by atoms with Crippen molar-refractivity contribution in [3.63, 3.8) is 0 Å². The lowest BCUT2D eigenvalue weighted by Crippen LogP contribution is -2.59. The summed E-state index contributed by atoms with van der Waals surface area (Å²) in [4.78, 5) is 83.4. The lowest BCUT2D eigenvalue weighted by atomic mass is 9.87. The number of ether oxygens (including phenoxy) is 2. The summed E-state index contributed by atoms with van der Waals surface area (Å²) in [6.07, 6.45) is 4.37. The van der Waals surface area contributed by atoms with E-state index in [1.807, 2.05) is 60.7 Å². The Bertz CT molecular complexity index is 1460. The molecule has 2 N–H and O–H groups in total. The van der Waals surface area contributed by atoms with E-state index < -0.39 is 37.1 Å². The van der Waals surface area contributed by atoms with Crippen LogP contribution in [0.15, 0.2) is 60.7 Å². The number of hydrogen-bond acceptors (Lipinski definition) is 10. The zero-order valence-electron chi connectivity index (χ0n) is 30.8. The summed E-state index contributed by atoms with van der Waals surface area (Å²) in [6, 6.07) is 17.9. The van der Waals surface area contributed by atoms with E-state index in [2.05, 4.69) is 0 Å². The number of likely N-dealkylation sites (tertiary alicyclic amines) is 2. The van der Waals surface area contributed by atoms with Gasteiger partial charge in [-0.25, -0.2) is 0 Å². The van der Waals surface area contributed by atoms with E-state index in [1.54, 1.807) is 19.6 Å². The highest BCUT2D eigenvalue weighted by molar-refractivity contribution is 5.81. The van der Waals surface area contributed by atoms with Crippen molar-refractivity contribution in [3.05, 3.63) is 71.8 Å². The lowest BCUT2D eigenvalue weighted by Gasteiger charge is -2.45. The van der Waals surface area contributed by atoms with Crippen LogP contribution in [0, 0.1) is 11.8 Å². The number of hydrogen-bond donors (Lipinski definition) is 2. The van der Waals surface area contributed by atoms with Gasteiger partial charge in [-0.2, -0.15) is 0 Å². The van der Waals surface area contributed by atoms with Crippen molar-refractivity contribution in [2.24, 2.45) is 11.8 Å². The third-order valence-electron chi connectivity index (χ3n) is 10.8. The Kier molecular flexibility index (Phi) is 15.0. The summed E-state index contributed by atoms with van der Waals surface area (Å²) in [5, 5.41) is 19.8. The first-order valence-corrected chi connectivity index (χ1v) is 19.0. The van der Waals surface area contributed by atoms with Gasteiger partial charge in [0.05, 0.1) is 38.0 Å². The van der Waals surface area contributed by atoms with Crippen LogP contribution in [-0.4, -0.2) is 130 Å². The van der Waals surface area contributed by atoms with Crippen LogP contribution < -0.4 is 0 Å². The van der Waals surface area contributed by atoms with Gasteiger partial charge < -0.3 is 29.5 Å². The zero-order chi connectivity index (χ0) is 38.5. The predicted octanol–water partition coefficient (Wildman–Crippen LogP) is 3.03. The number of amides is 2. The van der Waals surface area contributed by atoms with Crippen molar-refractivity contribution in [2.45, 2.75) is 76.7 Å². The fourth-order valence-corrected chi connectivity index (χ4v) is 7.84. The molecule has 0 radical (unpaired) electrons. The molecule has 3 fully saturated rings. The molecule has 0 spiro atoms. The van der Waals surface area contributed by atoms with Gasteiger partial charge in [-0.05, 0) is 49.7 Å². The maximum Gasteiger partial charge on any atom is 0.317 e. The number of esters is 2. The highest BCUT2D eigenvalue weighted by Gasteiger charge is 2.39. The van der Waals surface area contributed by atoms with Crippen LogP contribution in [0.1, 0.15) is 62.5 Å². The molecule has 54 heavy (non-hydrogen) atoms. The quantitative estimate of drug-likeness (QED) is 0.241. The summed E-state index contributed by atoms with van der Waals surface area (Å²) in [5.74, 6) is -4.03.